The second kappa shape index (κ2) is 6.21. The van der Waals surface area contributed by atoms with Gasteiger partial charge in [0, 0.05) is 32.6 Å². The van der Waals surface area contributed by atoms with E-state index in [4.69, 9.17) is 4.99 Å². The van der Waals surface area contributed by atoms with Gasteiger partial charge in [-0.3, -0.25) is 9.98 Å². The molecule has 0 aliphatic carbocycles. The van der Waals surface area contributed by atoms with E-state index in [2.05, 4.69) is 62.6 Å². The summed E-state index contributed by atoms with van der Waals surface area (Å²) >= 11 is 7.31. The summed E-state index contributed by atoms with van der Waals surface area (Å²) in [6, 6.07) is 4.05. The lowest BCUT2D eigenvalue weighted by Crippen LogP contribution is -1.96. The van der Waals surface area contributed by atoms with Gasteiger partial charge in [-0.2, -0.15) is 0 Å². The maximum atomic E-state index is 4.80. The molecular formula is C18H17Br2N3. The number of hydrogen-bond acceptors (Lipinski definition) is 2. The molecule has 3 nitrogen and oxygen atoms in total. The normalized spacial score (nSPS) is 16.9. The number of aliphatic imine (C=N–C) groups is 1. The summed E-state index contributed by atoms with van der Waals surface area (Å²) in [7, 11) is 0. The number of pyridine rings is 1. The maximum Gasteiger partial charge on any atom is 0.0773 e. The van der Waals surface area contributed by atoms with Crippen LogP contribution in [0.4, 0.5) is 0 Å². The van der Waals surface area contributed by atoms with Crippen LogP contribution in [0.1, 0.15) is 36.4 Å². The zero-order valence-electron chi connectivity index (χ0n) is 13.5. The van der Waals surface area contributed by atoms with Crippen LogP contribution in [0.25, 0.3) is 5.57 Å². The number of aromatic amines is 1. The van der Waals surface area contributed by atoms with E-state index in [1.165, 1.54) is 5.56 Å². The predicted molar refractivity (Wildman–Crippen MR) is 103 cm³/mol. The van der Waals surface area contributed by atoms with Crippen molar-refractivity contribution in [3.63, 3.8) is 0 Å². The molecule has 3 rings (SSSR count). The number of H-pyrrole nitrogens is 1. The lowest BCUT2D eigenvalue weighted by Gasteiger charge is -2.12. The summed E-state index contributed by atoms with van der Waals surface area (Å²) in [4.78, 5) is 12.5. The Morgan fingerprint density at radius 3 is 2.17 bits per heavy atom. The fraction of sp³-hybridized carbons (Fsp3) is 0.222. The van der Waals surface area contributed by atoms with Gasteiger partial charge in [0.05, 0.1) is 17.1 Å². The van der Waals surface area contributed by atoms with Crippen LogP contribution in [-0.4, -0.2) is 15.7 Å². The summed E-state index contributed by atoms with van der Waals surface area (Å²) in [6.07, 6.45) is 3.63. The molecule has 0 bridgehead atoms. The van der Waals surface area contributed by atoms with Crippen molar-refractivity contribution in [3.8, 4) is 0 Å². The zero-order chi connectivity index (χ0) is 16.7. The van der Waals surface area contributed by atoms with Gasteiger partial charge >= 0.3 is 0 Å². The molecular weight excluding hydrogens is 418 g/mol. The van der Waals surface area contributed by atoms with Gasteiger partial charge < -0.3 is 4.98 Å². The number of allylic oxidation sites excluding steroid dienone is 2. The average Bonchev–Trinajstić information content (AvgIpc) is 2.95. The van der Waals surface area contributed by atoms with Crippen LogP contribution in [0.5, 0.6) is 0 Å². The van der Waals surface area contributed by atoms with E-state index in [0.717, 1.165) is 48.5 Å². The molecule has 0 atom stereocenters. The molecule has 3 heterocycles. The van der Waals surface area contributed by atoms with Gasteiger partial charge in [0.1, 0.15) is 0 Å². The lowest BCUT2D eigenvalue weighted by molar-refractivity contribution is 1.20. The fourth-order valence-corrected chi connectivity index (χ4v) is 3.39. The highest BCUT2D eigenvalue weighted by atomic mass is 79.9. The van der Waals surface area contributed by atoms with Gasteiger partial charge in [0.25, 0.3) is 0 Å². The number of rotatable bonds is 2. The predicted octanol–water partition coefficient (Wildman–Crippen LogP) is 5.69. The second-order valence-electron chi connectivity index (χ2n) is 5.66. The van der Waals surface area contributed by atoms with Crippen molar-refractivity contribution in [2.24, 2.45) is 4.99 Å². The van der Waals surface area contributed by atoms with Crippen molar-refractivity contribution in [2.45, 2.75) is 27.7 Å². The summed E-state index contributed by atoms with van der Waals surface area (Å²) < 4.78 is 2.18. The first-order chi connectivity index (χ1) is 10.9. The van der Waals surface area contributed by atoms with Crippen LogP contribution >= 0.6 is 31.9 Å². The lowest BCUT2D eigenvalue weighted by atomic mass is 9.97. The standard InChI is InChI=1S/C18H17Br2N3/c1-9-15(19)11(3)22-17(9)14(13-5-7-21-8-6-13)18-10(2)16(20)12(4)23-18/h5-8,22H,1-4H3/b18-14-. The number of hydrogen-bond donors (Lipinski definition) is 1. The number of aryl methyl sites for hydroxylation is 1. The Hall–Kier alpha value is -1.46. The number of halogens is 2. The Kier molecular flexibility index (Phi) is 4.43. The highest BCUT2D eigenvalue weighted by Crippen LogP contribution is 2.39. The second-order valence-corrected chi connectivity index (χ2v) is 7.25. The van der Waals surface area contributed by atoms with Gasteiger partial charge in [-0.25, -0.2) is 0 Å². The molecule has 0 aromatic carbocycles. The molecule has 5 heteroatoms. The minimum absolute atomic E-state index is 0.998. The molecule has 1 N–H and O–H groups in total. The summed E-state index contributed by atoms with van der Waals surface area (Å²) in [5.74, 6) is 0. The maximum absolute atomic E-state index is 4.80. The fourth-order valence-electron chi connectivity index (χ4n) is 2.81. The minimum atomic E-state index is 0.998. The van der Waals surface area contributed by atoms with Crippen molar-refractivity contribution in [1.82, 2.24) is 9.97 Å². The third kappa shape index (κ3) is 2.76. The van der Waals surface area contributed by atoms with Crippen molar-refractivity contribution in [1.29, 1.82) is 0 Å². The number of aromatic nitrogens is 2. The van der Waals surface area contributed by atoms with Gasteiger partial charge in [0.15, 0.2) is 0 Å². The van der Waals surface area contributed by atoms with Gasteiger partial charge in [-0.1, -0.05) is 0 Å². The average molecular weight is 435 g/mol. The monoisotopic (exact) mass is 433 g/mol. The molecule has 0 amide bonds. The summed E-state index contributed by atoms with van der Waals surface area (Å²) in [5, 5.41) is 0. The molecule has 0 unspecified atom stereocenters. The smallest absolute Gasteiger partial charge is 0.0773 e. The molecule has 23 heavy (non-hydrogen) atoms. The number of nitrogens with one attached hydrogen (secondary N) is 1. The first kappa shape index (κ1) is 16.4. The Balaban J connectivity index is 2.36. The number of nitrogens with zero attached hydrogens (tertiary/aromatic N) is 2. The Labute approximate surface area is 152 Å². The molecule has 0 spiro atoms. The molecule has 0 radical (unpaired) electrons. The third-order valence-electron chi connectivity index (χ3n) is 4.08. The van der Waals surface area contributed by atoms with Crippen LogP contribution in [0.15, 0.2) is 49.7 Å². The molecule has 2 aromatic heterocycles. The van der Waals surface area contributed by atoms with E-state index in [9.17, 15) is 0 Å². The highest BCUT2D eigenvalue weighted by Gasteiger charge is 2.24. The van der Waals surface area contributed by atoms with Crippen LogP contribution in [0, 0.1) is 13.8 Å². The topological polar surface area (TPSA) is 41.0 Å². The van der Waals surface area contributed by atoms with Crippen LogP contribution in [0.2, 0.25) is 0 Å². The SMILES string of the molecule is CC1=N/C(=C(/c2ccncc2)c2[nH]c(C)c(Br)c2C)C(C)=C1Br. The molecule has 0 saturated carbocycles. The highest BCUT2D eigenvalue weighted by molar-refractivity contribution is 9.12. The molecule has 0 saturated heterocycles. The van der Waals surface area contributed by atoms with Crippen molar-refractivity contribution in [3.05, 3.63) is 67.3 Å². The Morgan fingerprint density at radius 1 is 1.04 bits per heavy atom. The zero-order valence-corrected chi connectivity index (χ0v) is 16.6. The molecule has 1 aliphatic heterocycles. The van der Waals surface area contributed by atoms with Crippen molar-refractivity contribution < 1.29 is 0 Å². The van der Waals surface area contributed by atoms with E-state index >= 15 is 0 Å². The van der Waals surface area contributed by atoms with Crippen LogP contribution < -0.4 is 0 Å². The van der Waals surface area contributed by atoms with Crippen LogP contribution in [-0.2, 0) is 0 Å². The van der Waals surface area contributed by atoms with Gasteiger partial charge in [-0.15, -0.1) is 0 Å². The first-order valence-electron chi connectivity index (χ1n) is 7.34. The third-order valence-corrected chi connectivity index (χ3v) is 6.44. The first-order valence-corrected chi connectivity index (χ1v) is 8.92. The largest absolute Gasteiger partial charge is 0.357 e. The van der Waals surface area contributed by atoms with E-state index in [-0.39, 0.29) is 0 Å². The van der Waals surface area contributed by atoms with E-state index in [0.29, 0.717) is 0 Å². The molecule has 2 aromatic rings. The van der Waals surface area contributed by atoms with E-state index in [1.54, 1.807) is 0 Å². The molecule has 0 fully saturated rings. The quantitative estimate of drug-likeness (QED) is 0.647. The summed E-state index contributed by atoms with van der Waals surface area (Å²) in [6.45, 7) is 8.30. The minimum Gasteiger partial charge on any atom is -0.357 e. The summed E-state index contributed by atoms with van der Waals surface area (Å²) in [5.41, 5.74) is 8.75. The van der Waals surface area contributed by atoms with Gasteiger partial charge in [0.2, 0.25) is 0 Å². The van der Waals surface area contributed by atoms with E-state index < -0.39 is 0 Å². The Bertz CT molecular complexity index is 871. The van der Waals surface area contributed by atoms with Gasteiger partial charge in [-0.05, 0) is 88.4 Å². The molecule has 118 valence electrons. The van der Waals surface area contributed by atoms with Crippen LogP contribution in [0.3, 0.4) is 0 Å². The van der Waals surface area contributed by atoms with Crippen molar-refractivity contribution in [2.75, 3.05) is 0 Å². The van der Waals surface area contributed by atoms with E-state index in [1.807, 2.05) is 31.5 Å². The van der Waals surface area contributed by atoms with Crippen molar-refractivity contribution >= 4 is 43.1 Å². The Morgan fingerprint density at radius 2 is 1.70 bits per heavy atom. The molecule has 1 aliphatic rings.